The van der Waals surface area contributed by atoms with Gasteiger partial charge >= 0.3 is 0 Å². The van der Waals surface area contributed by atoms with E-state index in [1.165, 1.54) is 0 Å². The SMILES string of the molecule is Nc1ccc(N)c(OCCc2ccc(O)cc2)c1. The highest BCUT2D eigenvalue weighted by atomic mass is 16.5. The van der Waals surface area contributed by atoms with Crippen LogP contribution in [0.25, 0.3) is 0 Å². The van der Waals surface area contributed by atoms with Crippen LogP contribution in [0.5, 0.6) is 11.5 Å². The van der Waals surface area contributed by atoms with Crippen molar-refractivity contribution in [3.63, 3.8) is 0 Å². The van der Waals surface area contributed by atoms with Gasteiger partial charge in [0, 0.05) is 18.2 Å². The predicted octanol–water partition coefficient (Wildman–Crippen LogP) is 2.18. The lowest BCUT2D eigenvalue weighted by Crippen LogP contribution is -2.03. The Morgan fingerprint density at radius 1 is 1.00 bits per heavy atom. The lowest BCUT2D eigenvalue weighted by molar-refractivity contribution is 0.324. The quantitative estimate of drug-likeness (QED) is 0.720. The van der Waals surface area contributed by atoms with E-state index in [9.17, 15) is 0 Å². The molecule has 2 aromatic carbocycles. The highest BCUT2D eigenvalue weighted by molar-refractivity contribution is 5.59. The van der Waals surface area contributed by atoms with Crippen molar-refractivity contribution in [1.82, 2.24) is 0 Å². The van der Waals surface area contributed by atoms with Crippen LogP contribution in [0.15, 0.2) is 42.5 Å². The van der Waals surface area contributed by atoms with Crippen LogP contribution < -0.4 is 16.2 Å². The zero-order valence-electron chi connectivity index (χ0n) is 9.97. The number of phenols is 1. The van der Waals surface area contributed by atoms with Gasteiger partial charge in [0.25, 0.3) is 0 Å². The van der Waals surface area contributed by atoms with E-state index in [-0.39, 0.29) is 5.75 Å². The van der Waals surface area contributed by atoms with Crippen molar-refractivity contribution in [2.45, 2.75) is 6.42 Å². The molecule has 0 aromatic heterocycles. The van der Waals surface area contributed by atoms with Crippen molar-refractivity contribution in [3.8, 4) is 11.5 Å². The summed E-state index contributed by atoms with van der Waals surface area (Å²) in [5.74, 6) is 0.869. The fraction of sp³-hybridized carbons (Fsp3) is 0.143. The van der Waals surface area contributed by atoms with Gasteiger partial charge in [0.15, 0.2) is 0 Å². The Balaban J connectivity index is 1.92. The molecule has 0 spiro atoms. The molecule has 0 aliphatic heterocycles. The minimum Gasteiger partial charge on any atom is -0.508 e. The number of rotatable bonds is 4. The molecule has 2 rings (SSSR count). The topological polar surface area (TPSA) is 81.5 Å². The molecular weight excluding hydrogens is 228 g/mol. The van der Waals surface area contributed by atoms with Gasteiger partial charge in [0.05, 0.1) is 12.3 Å². The summed E-state index contributed by atoms with van der Waals surface area (Å²) >= 11 is 0. The molecule has 0 radical (unpaired) electrons. The zero-order valence-corrected chi connectivity index (χ0v) is 9.97. The summed E-state index contributed by atoms with van der Waals surface area (Å²) < 4.78 is 5.58. The molecule has 5 N–H and O–H groups in total. The third-order valence-electron chi connectivity index (χ3n) is 2.62. The molecule has 0 heterocycles. The van der Waals surface area contributed by atoms with E-state index in [1.807, 2.05) is 12.1 Å². The Morgan fingerprint density at radius 2 is 1.72 bits per heavy atom. The summed E-state index contributed by atoms with van der Waals surface area (Å²) in [7, 11) is 0. The van der Waals surface area contributed by atoms with Gasteiger partial charge in [-0.1, -0.05) is 12.1 Å². The fourth-order valence-corrected chi connectivity index (χ4v) is 1.62. The first-order valence-electron chi connectivity index (χ1n) is 5.71. The van der Waals surface area contributed by atoms with Gasteiger partial charge in [-0.3, -0.25) is 0 Å². The summed E-state index contributed by atoms with van der Waals surface area (Å²) in [6.07, 6.45) is 0.745. The van der Waals surface area contributed by atoms with Gasteiger partial charge < -0.3 is 21.3 Å². The Morgan fingerprint density at radius 3 is 2.44 bits per heavy atom. The summed E-state index contributed by atoms with van der Waals surface area (Å²) in [6, 6.07) is 12.2. The molecule has 0 bridgehead atoms. The maximum atomic E-state index is 9.17. The van der Waals surface area contributed by atoms with E-state index in [1.54, 1.807) is 30.3 Å². The van der Waals surface area contributed by atoms with E-state index in [4.69, 9.17) is 21.3 Å². The van der Waals surface area contributed by atoms with Gasteiger partial charge in [0.1, 0.15) is 11.5 Å². The lowest BCUT2D eigenvalue weighted by atomic mass is 10.1. The third-order valence-corrected chi connectivity index (χ3v) is 2.62. The van der Waals surface area contributed by atoms with Crippen LogP contribution in [0.4, 0.5) is 11.4 Å². The van der Waals surface area contributed by atoms with Crippen LogP contribution in [0.3, 0.4) is 0 Å². The molecule has 0 fully saturated rings. The third kappa shape index (κ3) is 3.07. The monoisotopic (exact) mass is 244 g/mol. The van der Waals surface area contributed by atoms with E-state index in [2.05, 4.69) is 0 Å². The Labute approximate surface area is 106 Å². The molecule has 0 saturated heterocycles. The zero-order chi connectivity index (χ0) is 13.0. The van der Waals surface area contributed by atoms with Gasteiger partial charge in [0.2, 0.25) is 0 Å². The van der Waals surface area contributed by atoms with Crippen molar-refractivity contribution in [2.24, 2.45) is 0 Å². The van der Waals surface area contributed by atoms with Crippen molar-refractivity contribution < 1.29 is 9.84 Å². The highest BCUT2D eigenvalue weighted by Gasteiger charge is 2.01. The number of anilines is 2. The van der Waals surface area contributed by atoms with Gasteiger partial charge in [-0.05, 0) is 29.8 Å². The number of phenolic OH excluding ortho intramolecular Hbond substituents is 1. The first-order chi connectivity index (χ1) is 8.65. The normalized spacial score (nSPS) is 10.2. The minimum atomic E-state index is 0.264. The highest BCUT2D eigenvalue weighted by Crippen LogP contribution is 2.24. The number of ether oxygens (including phenoxy) is 1. The summed E-state index contributed by atoms with van der Waals surface area (Å²) in [4.78, 5) is 0. The molecule has 18 heavy (non-hydrogen) atoms. The van der Waals surface area contributed by atoms with E-state index < -0.39 is 0 Å². The Hall–Kier alpha value is -2.36. The van der Waals surface area contributed by atoms with Crippen LogP contribution in [0, 0.1) is 0 Å². The number of hydrogen-bond acceptors (Lipinski definition) is 4. The van der Waals surface area contributed by atoms with E-state index >= 15 is 0 Å². The van der Waals surface area contributed by atoms with E-state index in [0.29, 0.717) is 23.7 Å². The first kappa shape index (κ1) is 12.1. The average molecular weight is 244 g/mol. The second-order valence-corrected chi connectivity index (χ2v) is 4.06. The van der Waals surface area contributed by atoms with Crippen molar-refractivity contribution in [3.05, 3.63) is 48.0 Å². The molecule has 0 amide bonds. The number of benzene rings is 2. The lowest BCUT2D eigenvalue weighted by Gasteiger charge is -2.09. The molecule has 2 aromatic rings. The van der Waals surface area contributed by atoms with Crippen LogP contribution >= 0.6 is 0 Å². The fourth-order valence-electron chi connectivity index (χ4n) is 1.62. The first-order valence-corrected chi connectivity index (χ1v) is 5.71. The molecular formula is C14H16N2O2. The summed E-state index contributed by atoms with van der Waals surface area (Å²) in [5.41, 5.74) is 13.7. The Bertz CT molecular complexity index is 524. The molecule has 0 aliphatic rings. The van der Waals surface area contributed by atoms with Crippen LogP contribution in [-0.2, 0) is 6.42 Å². The van der Waals surface area contributed by atoms with Crippen molar-refractivity contribution in [1.29, 1.82) is 0 Å². The summed E-state index contributed by atoms with van der Waals surface area (Å²) in [6.45, 7) is 0.512. The summed E-state index contributed by atoms with van der Waals surface area (Å²) in [5, 5.41) is 9.17. The number of nitrogen functional groups attached to an aromatic ring is 2. The Kier molecular flexibility index (Phi) is 3.57. The van der Waals surface area contributed by atoms with Crippen molar-refractivity contribution in [2.75, 3.05) is 18.1 Å². The number of aromatic hydroxyl groups is 1. The van der Waals surface area contributed by atoms with Crippen LogP contribution in [0.1, 0.15) is 5.56 Å². The second-order valence-electron chi connectivity index (χ2n) is 4.06. The minimum absolute atomic E-state index is 0.264. The molecule has 0 atom stereocenters. The van der Waals surface area contributed by atoms with Gasteiger partial charge in [-0.25, -0.2) is 0 Å². The molecule has 4 heteroatoms. The van der Waals surface area contributed by atoms with Gasteiger partial charge in [-0.15, -0.1) is 0 Å². The van der Waals surface area contributed by atoms with Crippen LogP contribution in [0.2, 0.25) is 0 Å². The largest absolute Gasteiger partial charge is 0.508 e. The van der Waals surface area contributed by atoms with Gasteiger partial charge in [-0.2, -0.15) is 0 Å². The molecule has 0 unspecified atom stereocenters. The smallest absolute Gasteiger partial charge is 0.144 e. The van der Waals surface area contributed by atoms with Crippen LogP contribution in [-0.4, -0.2) is 11.7 Å². The number of hydrogen-bond donors (Lipinski definition) is 3. The maximum absolute atomic E-state index is 9.17. The van der Waals surface area contributed by atoms with Crippen molar-refractivity contribution >= 4 is 11.4 Å². The standard InChI is InChI=1S/C14H16N2O2/c15-11-3-6-13(16)14(9-11)18-8-7-10-1-4-12(17)5-2-10/h1-6,9,17H,7-8,15-16H2. The second kappa shape index (κ2) is 5.31. The molecule has 0 aliphatic carbocycles. The average Bonchev–Trinajstić information content (AvgIpc) is 2.36. The predicted molar refractivity (Wildman–Crippen MR) is 72.6 cm³/mol. The molecule has 94 valence electrons. The molecule has 0 saturated carbocycles. The van der Waals surface area contributed by atoms with E-state index in [0.717, 1.165) is 12.0 Å². The molecule has 4 nitrogen and oxygen atoms in total. The number of nitrogens with two attached hydrogens (primary N) is 2. The maximum Gasteiger partial charge on any atom is 0.144 e.